The van der Waals surface area contributed by atoms with Crippen LogP contribution in [0.15, 0.2) is 162 Å². The van der Waals surface area contributed by atoms with Crippen LogP contribution in [0.4, 0.5) is 0 Å². The molecule has 9 aromatic rings. The molecule has 0 aliphatic rings. The minimum atomic E-state index is -0.105. The molecule has 0 fully saturated rings. The Balaban J connectivity index is 1.42. The van der Waals surface area contributed by atoms with E-state index in [-0.39, 0.29) is 18.1 Å². The normalized spacial score (nSPS) is 12.7. The van der Waals surface area contributed by atoms with Gasteiger partial charge in [0, 0.05) is 21.9 Å². The summed E-state index contributed by atoms with van der Waals surface area (Å²) in [6, 6.07) is 47.7. The van der Waals surface area contributed by atoms with Gasteiger partial charge in [0.15, 0.2) is 0 Å². The van der Waals surface area contributed by atoms with Crippen LogP contribution < -0.4 is 0 Å². The Labute approximate surface area is 253 Å². The quantitative estimate of drug-likeness (QED) is 0.200. The fraction of sp³-hybridized carbons (Fsp3) is 0. The summed E-state index contributed by atoms with van der Waals surface area (Å²) in [5.41, 5.74) is 7.05. The number of rotatable bonds is 3. The van der Waals surface area contributed by atoms with Gasteiger partial charge in [-0.2, -0.15) is 0 Å². The van der Waals surface area contributed by atoms with Crippen molar-refractivity contribution in [1.82, 2.24) is 0 Å². The van der Waals surface area contributed by atoms with Gasteiger partial charge in [-0.1, -0.05) is 139 Å². The van der Waals surface area contributed by atoms with Crippen molar-refractivity contribution >= 4 is 54.3 Å². The monoisotopic (exact) mass is 549 g/mol. The van der Waals surface area contributed by atoms with E-state index in [1.165, 1.54) is 0 Å². The fourth-order valence-electron chi connectivity index (χ4n) is 6.67. The molecule has 0 amide bonds. The van der Waals surface area contributed by atoms with Crippen LogP contribution in [0.25, 0.3) is 87.6 Å². The maximum Gasteiger partial charge on any atom is 0.143 e. The Bertz CT molecular complexity index is 2610. The molecule has 1 heteroatoms. The first-order valence-electron chi connectivity index (χ1n) is 16.0. The minimum Gasteiger partial charge on any atom is -0.455 e. The number of fused-ring (bicyclic) bond motifs is 6. The second kappa shape index (κ2) is 9.44. The molecule has 0 aliphatic heterocycles. The lowest BCUT2D eigenvalue weighted by Gasteiger charge is -2.18. The van der Waals surface area contributed by atoms with Gasteiger partial charge in [-0.3, -0.25) is 0 Å². The van der Waals surface area contributed by atoms with E-state index in [9.17, 15) is 1.37 Å². The van der Waals surface area contributed by atoms with E-state index < -0.39 is 0 Å². The molecule has 1 aromatic heterocycles. The first-order chi connectivity index (χ1) is 22.6. The average Bonchev–Trinajstić information content (AvgIpc) is 3.47. The molecule has 1 heterocycles. The van der Waals surface area contributed by atoms with Gasteiger partial charge in [0.05, 0.1) is 4.11 Å². The highest BCUT2D eigenvalue weighted by atomic mass is 16.3. The predicted molar refractivity (Wildman–Crippen MR) is 183 cm³/mol. The van der Waals surface area contributed by atoms with Gasteiger partial charge in [-0.15, -0.1) is 0 Å². The summed E-state index contributed by atoms with van der Waals surface area (Å²) in [6.07, 6.45) is 0. The van der Waals surface area contributed by atoms with Crippen LogP contribution in [0, 0.1) is 0 Å². The summed E-state index contributed by atoms with van der Waals surface area (Å²) in [5.74, 6) is 0. The smallest absolute Gasteiger partial charge is 0.143 e. The fourth-order valence-corrected chi connectivity index (χ4v) is 6.67. The van der Waals surface area contributed by atoms with Crippen molar-refractivity contribution in [3.05, 3.63) is 158 Å². The zero-order valence-corrected chi connectivity index (χ0v) is 23.2. The van der Waals surface area contributed by atoms with Crippen LogP contribution >= 0.6 is 0 Å². The third kappa shape index (κ3) is 3.72. The summed E-state index contributed by atoms with van der Waals surface area (Å²) in [4.78, 5) is 0. The van der Waals surface area contributed by atoms with E-state index in [0.29, 0.717) is 22.1 Å². The zero-order valence-electron chi connectivity index (χ0n) is 26.2. The van der Waals surface area contributed by atoms with Crippen LogP contribution in [-0.2, 0) is 0 Å². The Morgan fingerprint density at radius 2 is 1.00 bits per heavy atom. The van der Waals surface area contributed by atoms with Crippen LogP contribution in [0.5, 0.6) is 0 Å². The molecule has 0 aliphatic carbocycles. The summed E-state index contributed by atoms with van der Waals surface area (Å²) >= 11 is 0. The maximum atomic E-state index is 9.30. The number of benzene rings is 8. The number of hydrogen-bond donors (Lipinski definition) is 0. The number of hydrogen-bond acceptors (Lipinski definition) is 1. The standard InChI is InChI=1S/C42H26O/c1-2-12-27(13-3-1)28-16-10-17-31(24-28)40-32-18-6-8-20-34(32)41(35-21-9-7-19-33(35)40)37-23-11-22-36-38-25-29-14-4-5-15-30(29)26-39(38)43-42(36)37/h1-26H/i11D,22D,23D. The first-order valence-corrected chi connectivity index (χ1v) is 14.5. The van der Waals surface area contributed by atoms with Crippen molar-refractivity contribution in [3.63, 3.8) is 0 Å². The van der Waals surface area contributed by atoms with Gasteiger partial charge < -0.3 is 4.42 Å². The molecule has 200 valence electrons. The van der Waals surface area contributed by atoms with Crippen LogP contribution in [-0.4, -0.2) is 0 Å². The minimum absolute atomic E-state index is 0.00441. The summed E-state index contributed by atoms with van der Waals surface area (Å²) in [5, 5.41) is 7.49. The van der Waals surface area contributed by atoms with Gasteiger partial charge in [-0.25, -0.2) is 0 Å². The average molecular weight is 550 g/mol. The number of para-hydroxylation sites is 1. The Kier molecular flexibility index (Phi) is 4.63. The first kappa shape index (κ1) is 21.1. The van der Waals surface area contributed by atoms with E-state index in [1.807, 2.05) is 54.6 Å². The molecule has 8 aromatic carbocycles. The molecule has 0 saturated heterocycles. The largest absolute Gasteiger partial charge is 0.455 e. The zero-order chi connectivity index (χ0) is 30.9. The van der Waals surface area contributed by atoms with Crippen LogP contribution in [0.1, 0.15) is 4.11 Å². The molecule has 0 N–H and O–H groups in total. The van der Waals surface area contributed by atoms with E-state index in [0.717, 1.165) is 65.5 Å². The maximum absolute atomic E-state index is 9.30. The Hall–Kier alpha value is -5.66. The molecule has 0 atom stereocenters. The van der Waals surface area contributed by atoms with E-state index >= 15 is 0 Å². The lowest BCUT2D eigenvalue weighted by molar-refractivity contribution is 0.670. The molecule has 0 unspecified atom stereocenters. The molecule has 0 saturated carbocycles. The van der Waals surface area contributed by atoms with Crippen molar-refractivity contribution in [2.24, 2.45) is 0 Å². The van der Waals surface area contributed by atoms with Crippen LogP contribution in [0.3, 0.4) is 0 Å². The summed E-state index contributed by atoms with van der Waals surface area (Å²) < 4.78 is 33.9. The predicted octanol–water partition coefficient (Wildman–Crippen LogP) is 12.0. The van der Waals surface area contributed by atoms with Crippen molar-refractivity contribution in [1.29, 1.82) is 0 Å². The van der Waals surface area contributed by atoms with Gasteiger partial charge in [0.25, 0.3) is 0 Å². The van der Waals surface area contributed by atoms with Gasteiger partial charge in [0.1, 0.15) is 11.2 Å². The molecular weight excluding hydrogens is 520 g/mol. The van der Waals surface area contributed by atoms with Crippen molar-refractivity contribution in [2.45, 2.75) is 0 Å². The third-order valence-corrected chi connectivity index (χ3v) is 8.60. The van der Waals surface area contributed by atoms with E-state index in [2.05, 4.69) is 84.9 Å². The third-order valence-electron chi connectivity index (χ3n) is 8.60. The molecule has 0 radical (unpaired) electrons. The van der Waals surface area contributed by atoms with Gasteiger partial charge in [0.2, 0.25) is 0 Å². The second-order valence-corrected chi connectivity index (χ2v) is 11.0. The Morgan fingerprint density at radius 1 is 0.419 bits per heavy atom. The number of furan rings is 1. The summed E-state index contributed by atoms with van der Waals surface area (Å²) in [6.45, 7) is 0. The van der Waals surface area contributed by atoms with Gasteiger partial charge >= 0.3 is 0 Å². The molecule has 9 rings (SSSR count). The second-order valence-electron chi connectivity index (χ2n) is 11.0. The molecule has 0 bridgehead atoms. The molecule has 0 spiro atoms. The molecule has 43 heavy (non-hydrogen) atoms. The highest BCUT2D eigenvalue weighted by molar-refractivity contribution is 6.24. The van der Waals surface area contributed by atoms with E-state index in [4.69, 9.17) is 7.16 Å². The lowest BCUT2D eigenvalue weighted by Crippen LogP contribution is -1.91. The van der Waals surface area contributed by atoms with Crippen LogP contribution in [0.2, 0.25) is 0 Å². The highest BCUT2D eigenvalue weighted by Gasteiger charge is 2.20. The molecule has 1 nitrogen and oxygen atoms in total. The SMILES string of the molecule is [2H]c1c([2H])c([2H])c2c(oc3cc4ccccc4cc32)c1-c1c2ccccc2c(-c2cccc(-c3ccccc3)c2)c2ccccc12. The summed E-state index contributed by atoms with van der Waals surface area (Å²) in [7, 11) is 0. The van der Waals surface area contributed by atoms with Gasteiger partial charge in [-0.05, 0) is 72.8 Å². The lowest BCUT2D eigenvalue weighted by atomic mass is 9.85. The highest BCUT2D eigenvalue weighted by Crippen LogP contribution is 2.47. The van der Waals surface area contributed by atoms with E-state index in [1.54, 1.807) is 0 Å². The van der Waals surface area contributed by atoms with Crippen molar-refractivity contribution in [3.8, 4) is 33.4 Å². The van der Waals surface area contributed by atoms with Crippen molar-refractivity contribution in [2.75, 3.05) is 0 Å². The Morgan fingerprint density at radius 3 is 1.72 bits per heavy atom. The topological polar surface area (TPSA) is 13.1 Å². The van der Waals surface area contributed by atoms with Crippen molar-refractivity contribution < 1.29 is 8.53 Å². The molecular formula is C42H26O.